The molecule has 0 N–H and O–H groups in total. The van der Waals surface area contributed by atoms with E-state index in [2.05, 4.69) is 135 Å². The van der Waals surface area contributed by atoms with Gasteiger partial charge in [0.05, 0.1) is 0 Å². The maximum atomic E-state index is 5.15. The van der Waals surface area contributed by atoms with Gasteiger partial charge in [0, 0.05) is 22.1 Å². The van der Waals surface area contributed by atoms with Gasteiger partial charge in [-0.05, 0) is 66.7 Å². The predicted octanol–water partition coefficient (Wildman–Crippen LogP) is 10.6. The van der Waals surface area contributed by atoms with Crippen LogP contribution in [0.5, 0.6) is 0 Å². The fourth-order valence-electron chi connectivity index (χ4n) is 7.16. The molecule has 0 radical (unpaired) electrons. The standard InChI is InChI=1S/C42H29N3/c1-42(2)36-15-9-8-14-33(36)34-23-22-31(25-37(34)42)41-44-39(29-11-4-3-5-12-29)43-40(45-41)30-21-18-27-17-20-28-19-16-26-10-6-7-13-32(26)38(28)35(27)24-30/h3-25H,1-2H3. The van der Waals surface area contributed by atoms with Gasteiger partial charge >= 0.3 is 0 Å². The van der Waals surface area contributed by atoms with Gasteiger partial charge in [-0.2, -0.15) is 0 Å². The van der Waals surface area contributed by atoms with Crippen molar-refractivity contribution in [2.45, 2.75) is 19.3 Å². The maximum absolute atomic E-state index is 5.15. The second-order valence-electron chi connectivity index (χ2n) is 12.5. The molecule has 1 aromatic heterocycles. The molecule has 0 aliphatic heterocycles. The van der Waals surface area contributed by atoms with E-state index in [1.807, 2.05) is 18.2 Å². The van der Waals surface area contributed by atoms with Crippen molar-refractivity contribution in [3.8, 4) is 45.3 Å². The van der Waals surface area contributed by atoms with Crippen LogP contribution in [0.3, 0.4) is 0 Å². The van der Waals surface area contributed by atoms with Crippen molar-refractivity contribution in [1.82, 2.24) is 15.0 Å². The topological polar surface area (TPSA) is 38.7 Å². The Hall–Kier alpha value is -5.67. The highest BCUT2D eigenvalue weighted by atomic mass is 15.0. The summed E-state index contributed by atoms with van der Waals surface area (Å²) in [5, 5.41) is 7.36. The van der Waals surface area contributed by atoms with Crippen molar-refractivity contribution in [1.29, 1.82) is 0 Å². The zero-order chi connectivity index (χ0) is 30.1. The van der Waals surface area contributed by atoms with Gasteiger partial charge in [0.1, 0.15) is 0 Å². The molecule has 0 unspecified atom stereocenters. The summed E-state index contributed by atoms with van der Waals surface area (Å²) in [6, 6.07) is 49.6. The minimum absolute atomic E-state index is 0.109. The molecular formula is C42H29N3. The first-order valence-corrected chi connectivity index (χ1v) is 15.5. The molecule has 1 aliphatic rings. The molecule has 0 atom stereocenters. The first kappa shape index (κ1) is 25.8. The summed E-state index contributed by atoms with van der Waals surface area (Å²) in [5.41, 5.74) is 8.07. The van der Waals surface area contributed by atoms with Crippen LogP contribution in [0, 0.1) is 0 Å². The number of hydrogen-bond acceptors (Lipinski definition) is 3. The molecule has 0 bridgehead atoms. The predicted molar refractivity (Wildman–Crippen MR) is 186 cm³/mol. The molecule has 8 aromatic rings. The van der Waals surface area contributed by atoms with Gasteiger partial charge in [-0.25, -0.2) is 15.0 Å². The Labute approximate surface area is 261 Å². The van der Waals surface area contributed by atoms with Crippen molar-refractivity contribution >= 4 is 32.3 Å². The van der Waals surface area contributed by atoms with Gasteiger partial charge in [-0.15, -0.1) is 0 Å². The lowest BCUT2D eigenvalue weighted by molar-refractivity contribution is 0.660. The molecule has 0 saturated heterocycles. The molecule has 0 amide bonds. The first-order chi connectivity index (χ1) is 22.0. The summed E-state index contributed by atoms with van der Waals surface area (Å²) < 4.78 is 0. The molecular weight excluding hydrogens is 546 g/mol. The van der Waals surface area contributed by atoms with Gasteiger partial charge in [-0.1, -0.05) is 141 Å². The van der Waals surface area contributed by atoms with Crippen LogP contribution in [0.4, 0.5) is 0 Å². The Morgan fingerprint density at radius 1 is 0.400 bits per heavy atom. The SMILES string of the molecule is CC1(C)c2ccccc2-c2ccc(-c3nc(-c4ccccc4)nc(-c4ccc5ccc6ccc7ccccc7c6c5c4)n3)cc21. The Morgan fingerprint density at radius 3 is 1.76 bits per heavy atom. The normalized spacial score (nSPS) is 13.3. The number of nitrogens with zero attached hydrogens (tertiary/aromatic N) is 3. The molecule has 1 heterocycles. The fourth-order valence-corrected chi connectivity index (χ4v) is 7.16. The van der Waals surface area contributed by atoms with Crippen LogP contribution in [0.1, 0.15) is 25.0 Å². The Morgan fingerprint density at radius 2 is 0.956 bits per heavy atom. The van der Waals surface area contributed by atoms with Gasteiger partial charge in [0.15, 0.2) is 17.5 Å². The monoisotopic (exact) mass is 575 g/mol. The molecule has 1 aliphatic carbocycles. The van der Waals surface area contributed by atoms with Crippen LogP contribution in [0.2, 0.25) is 0 Å². The molecule has 0 saturated carbocycles. The minimum atomic E-state index is -0.109. The molecule has 0 spiro atoms. The molecule has 3 nitrogen and oxygen atoms in total. The van der Waals surface area contributed by atoms with E-state index >= 15 is 0 Å². The largest absolute Gasteiger partial charge is 0.208 e. The van der Waals surface area contributed by atoms with Crippen LogP contribution in [-0.2, 0) is 5.41 Å². The zero-order valence-corrected chi connectivity index (χ0v) is 25.1. The molecule has 7 aromatic carbocycles. The fraction of sp³-hybridized carbons (Fsp3) is 0.0714. The van der Waals surface area contributed by atoms with Crippen LogP contribution in [-0.4, -0.2) is 15.0 Å². The molecule has 0 fully saturated rings. The third-order valence-corrected chi connectivity index (χ3v) is 9.49. The quantitative estimate of drug-likeness (QED) is 0.197. The Bertz CT molecular complexity index is 2450. The summed E-state index contributed by atoms with van der Waals surface area (Å²) in [7, 11) is 0. The first-order valence-electron chi connectivity index (χ1n) is 15.5. The summed E-state index contributed by atoms with van der Waals surface area (Å²) >= 11 is 0. The number of fused-ring (bicyclic) bond motifs is 8. The van der Waals surface area contributed by atoms with Crippen molar-refractivity contribution in [2.75, 3.05) is 0 Å². The minimum Gasteiger partial charge on any atom is -0.208 e. The smallest absolute Gasteiger partial charge is 0.164 e. The van der Waals surface area contributed by atoms with Crippen molar-refractivity contribution in [3.05, 3.63) is 151 Å². The summed E-state index contributed by atoms with van der Waals surface area (Å²) in [6.07, 6.45) is 0. The average Bonchev–Trinajstić information content (AvgIpc) is 3.33. The van der Waals surface area contributed by atoms with Gasteiger partial charge in [-0.3, -0.25) is 0 Å². The lowest BCUT2D eigenvalue weighted by atomic mass is 9.82. The van der Waals surface area contributed by atoms with E-state index in [0.717, 1.165) is 16.7 Å². The molecule has 3 heteroatoms. The van der Waals surface area contributed by atoms with Gasteiger partial charge in [0.25, 0.3) is 0 Å². The summed E-state index contributed by atoms with van der Waals surface area (Å²) in [5.74, 6) is 2.01. The van der Waals surface area contributed by atoms with Crippen LogP contribution in [0.25, 0.3) is 77.6 Å². The molecule has 212 valence electrons. The highest BCUT2D eigenvalue weighted by Gasteiger charge is 2.35. The second-order valence-corrected chi connectivity index (χ2v) is 12.5. The lowest BCUT2D eigenvalue weighted by Crippen LogP contribution is -2.15. The van der Waals surface area contributed by atoms with E-state index in [9.17, 15) is 0 Å². The van der Waals surface area contributed by atoms with Crippen molar-refractivity contribution < 1.29 is 0 Å². The van der Waals surface area contributed by atoms with Crippen LogP contribution < -0.4 is 0 Å². The van der Waals surface area contributed by atoms with Gasteiger partial charge in [0.2, 0.25) is 0 Å². The van der Waals surface area contributed by atoms with E-state index in [0.29, 0.717) is 17.5 Å². The Balaban J connectivity index is 1.26. The highest BCUT2D eigenvalue weighted by molar-refractivity contribution is 6.20. The lowest BCUT2D eigenvalue weighted by Gasteiger charge is -2.21. The summed E-state index contributed by atoms with van der Waals surface area (Å²) in [4.78, 5) is 15.3. The van der Waals surface area contributed by atoms with E-state index in [1.165, 1.54) is 54.6 Å². The van der Waals surface area contributed by atoms with Crippen LogP contribution in [0.15, 0.2) is 140 Å². The molecule has 9 rings (SSSR count). The van der Waals surface area contributed by atoms with Crippen LogP contribution >= 0.6 is 0 Å². The Kier molecular flexibility index (Phi) is 5.54. The maximum Gasteiger partial charge on any atom is 0.164 e. The number of rotatable bonds is 3. The second kappa shape index (κ2) is 9.67. The number of aromatic nitrogens is 3. The highest BCUT2D eigenvalue weighted by Crippen LogP contribution is 2.49. The zero-order valence-electron chi connectivity index (χ0n) is 25.1. The van der Waals surface area contributed by atoms with Crippen molar-refractivity contribution in [2.24, 2.45) is 0 Å². The summed E-state index contributed by atoms with van der Waals surface area (Å²) in [6.45, 7) is 4.61. The van der Waals surface area contributed by atoms with E-state index in [1.54, 1.807) is 0 Å². The van der Waals surface area contributed by atoms with Crippen molar-refractivity contribution in [3.63, 3.8) is 0 Å². The molecule has 45 heavy (non-hydrogen) atoms. The third-order valence-electron chi connectivity index (χ3n) is 9.49. The van der Waals surface area contributed by atoms with Gasteiger partial charge < -0.3 is 0 Å². The average molecular weight is 576 g/mol. The van der Waals surface area contributed by atoms with E-state index in [4.69, 9.17) is 15.0 Å². The van der Waals surface area contributed by atoms with E-state index < -0.39 is 0 Å². The third kappa shape index (κ3) is 4.01. The number of benzene rings is 7. The number of hydrogen-bond donors (Lipinski definition) is 0. The van der Waals surface area contributed by atoms with E-state index in [-0.39, 0.29) is 5.41 Å².